The molecule has 0 aliphatic carbocycles. The van der Waals surface area contributed by atoms with Crippen LogP contribution in [0.5, 0.6) is 11.5 Å². The molecule has 2 aromatic rings. The second-order valence-corrected chi connectivity index (χ2v) is 9.39. The number of nitro groups is 1. The van der Waals surface area contributed by atoms with Crippen LogP contribution in [0, 0.1) is 10.1 Å². The number of ether oxygens (including phenoxy) is 2. The summed E-state index contributed by atoms with van der Waals surface area (Å²) in [7, 11) is -2.67. The monoisotopic (exact) mass is 499 g/mol. The SMILES string of the molecule is COc1cc(C(=O)Nc2cccc(S(=O)(=O)N3CCCCCC3)c2)c([N+](=O)[O-])cc1OC(F)F. The predicted molar refractivity (Wildman–Crippen MR) is 118 cm³/mol. The standard InChI is InChI=1S/C21H23F2N3O7S/c1-32-18-12-16(17(26(28)29)13-19(18)33-21(22)23)20(27)24-14-7-6-8-15(11-14)34(30,31)25-9-4-2-3-5-10-25/h6-8,11-13,21H,2-5,9-10H2,1H3,(H,24,27). The van der Waals surface area contributed by atoms with Crippen molar-refractivity contribution in [3.8, 4) is 11.5 Å². The number of methoxy groups -OCH3 is 1. The van der Waals surface area contributed by atoms with E-state index in [-0.39, 0.29) is 16.3 Å². The van der Waals surface area contributed by atoms with E-state index in [2.05, 4.69) is 10.1 Å². The van der Waals surface area contributed by atoms with Gasteiger partial charge in [-0.25, -0.2) is 8.42 Å². The molecule has 1 amide bonds. The number of carbonyl (C=O) groups excluding carboxylic acids is 1. The number of sulfonamides is 1. The van der Waals surface area contributed by atoms with Gasteiger partial charge in [-0.2, -0.15) is 13.1 Å². The summed E-state index contributed by atoms with van der Waals surface area (Å²) in [5.41, 5.74) is -1.19. The third-order valence-corrected chi connectivity index (χ3v) is 7.13. The van der Waals surface area contributed by atoms with Crippen LogP contribution in [0.3, 0.4) is 0 Å². The summed E-state index contributed by atoms with van der Waals surface area (Å²) in [6.45, 7) is -2.46. The van der Waals surface area contributed by atoms with Crippen molar-refractivity contribution in [3.63, 3.8) is 0 Å². The summed E-state index contributed by atoms with van der Waals surface area (Å²) in [5.74, 6) is -1.88. The van der Waals surface area contributed by atoms with E-state index in [0.717, 1.165) is 38.9 Å². The van der Waals surface area contributed by atoms with Gasteiger partial charge >= 0.3 is 6.61 Å². The van der Waals surface area contributed by atoms with Gasteiger partial charge in [0, 0.05) is 24.8 Å². The third-order valence-electron chi connectivity index (χ3n) is 5.23. The number of nitrogens with zero attached hydrogens (tertiary/aromatic N) is 2. The zero-order chi connectivity index (χ0) is 24.9. The van der Waals surface area contributed by atoms with Crippen molar-refractivity contribution in [2.45, 2.75) is 37.2 Å². The molecule has 1 fully saturated rings. The Morgan fingerprint density at radius 3 is 2.38 bits per heavy atom. The fraction of sp³-hybridized carbons (Fsp3) is 0.381. The van der Waals surface area contributed by atoms with Crippen molar-refractivity contribution in [2.24, 2.45) is 0 Å². The van der Waals surface area contributed by atoms with Crippen molar-refractivity contribution in [1.29, 1.82) is 0 Å². The Kier molecular flexibility index (Phi) is 7.99. The highest BCUT2D eigenvalue weighted by molar-refractivity contribution is 7.89. The Balaban J connectivity index is 1.90. The molecule has 0 aromatic heterocycles. The van der Waals surface area contributed by atoms with E-state index in [0.29, 0.717) is 19.2 Å². The van der Waals surface area contributed by atoms with Gasteiger partial charge in [0.2, 0.25) is 10.0 Å². The first-order valence-electron chi connectivity index (χ1n) is 10.4. The average Bonchev–Trinajstić information content (AvgIpc) is 3.08. The summed E-state index contributed by atoms with van der Waals surface area (Å²) in [4.78, 5) is 23.3. The summed E-state index contributed by atoms with van der Waals surface area (Å²) >= 11 is 0. The third kappa shape index (κ3) is 5.78. The molecule has 1 saturated heterocycles. The molecule has 0 radical (unpaired) electrons. The minimum atomic E-state index is -3.79. The smallest absolute Gasteiger partial charge is 0.387 e. The number of amides is 1. The van der Waals surface area contributed by atoms with Crippen LogP contribution in [-0.4, -0.2) is 50.4 Å². The Morgan fingerprint density at radius 1 is 1.12 bits per heavy atom. The van der Waals surface area contributed by atoms with Gasteiger partial charge < -0.3 is 14.8 Å². The molecule has 1 heterocycles. The van der Waals surface area contributed by atoms with Crippen molar-refractivity contribution < 1.29 is 36.4 Å². The number of nitrogens with one attached hydrogen (secondary N) is 1. The number of benzene rings is 2. The predicted octanol–water partition coefficient (Wildman–Crippen LogP) is 4.02. The molecule has 0 unspecified atom stereocenters. The number of hydrogen-bond acceptors (Lipinski definition) is 7. The van der Waals surface area contributed by atoms with Gasteiger partial charge in [0.15, 0.2) is 11.5 Å². The Bertz CT molecular complexity index is 1170. The fourth-order valence-electron chi connectivity index (χ4n) is 3.59. The first kappa shape index (κ1) is 25.3. The van der Waals surface area contributed by atoms with Crippen molar-refractivity contribution >= 4 is 27.3 Å². The molecule has 0 bridgehead atoms. The van der Waals surface area contributed by atoms with Crippen molar-refractivity contribution in [3.05, 3.63) is 52.1 Å². The molecule has 1 aliphatic heterocycles. The quantitative estimate of drug-likeness (QED) is 0.429. The van der Waals surface area contributed by atoms with Crippen molar-refractivity contribution in [2.75, 3.05) is 25.5 Å². The largest absolute Gasteiger partial charge is 0.493 e. The molecule has 10 nitrogen and oxygen atoms in total. The normalized spacial score (nSPS) is 14.9. The highest BCUT2D eigenvalue weighted by Crippen LogP contribution is 2.36. The zero-order valence-electron chi connectivity index (χ0n) is 18.2. The molecule has 2 aromatic carbocycles. The van der Waals surface area contributed by atoms with Crippen LogP contribution in [0.15, 0.2) is 41.3 Å². The van der Waals surface area contributed by atoms with Crippen LogP contribution >= 0.6 is 0 Å². The highest BCUT2D eigenvalue weighted by atomic mass is 32.2. The topological polar surface area (TPSA) is 128 Å². The second kappa shape index (κ2) is 10.7. The number of alkyl halides is 2. The van der Waals surface area contributed by atoms with Gasteiger partial charge in [0.25, 0.3) is 11.6 Å². The Hall–Kier alpha value is -3.32. The summed E-state index contributed by atoms with van der Waals surface area (Å²) in [6.07, 6.45) is 3.41. The maximum absolute atomic E-state index is 13.0. The second-order valence-electron chi connectivity index (χ2n) is 7.46. The first-order chi connectivity index (χ1) is 16.1. The minimum absolute atomic E-state index is 0.0278. The number of anilines is 1. The molecule has 13 heteroatoms. The fourth-order valence-corrected chi connectivity index (χ4v) is 5.16. The van der Waals surface area contributed by atoms with E-state index >= 15 is 0 Å². The van der Waals surface area contributed by atoms with E-state index in [9.17, 15) is 32.1 Å². The average molecular weight is 499 g/mol. The van der Waals surface area contributed by atoms with Crippen LogP contribution < -0.4 is 14.8 Å². The van der Waals surface area contributed by atoms with E-state index in [4.69, 9.17) is 4.74 Å². The van der Waals surface area contributed by atoms with E-state index in [1.165, 1.54) is 28.6 Å². The molecule has 0 spiro atoms. The van der Waals surface area contributed by atoms with Gasteiger partial charge in [-0.3, -0.25) is 14.9 Å². The van der Waals surface area contributed by atoms with Crippen LogP contribution in [0.25, 0.3) is 0 Å². The number of halogens is 2. The minimum Gasteiger partial charge on any atom is -0.493 e. The number of rotatable bonds is 8. The van der Waals surface area contributed by atoms with Crippen LogP contribution in [0.2, 0.25) is 0 Å². The summed E-state index contributed by atoms with van der Waals surface area (Å²) in [5, 5.41) is 13.9. The van der Waals surface area contributed by atoms with Crippen LogP contribution in [-0.2, 0) is 10.0 Å². The zero-order valence-corrected chi connectivity index (χ0v) is 19.0. The lowest BCUT2D eigenvalue weighted by Gasteiger charge is -2.20. The number of carbonyl (C=O) groups is 1. The van der Waals surface area contributed by atoms with Gasteiger partial charge in [0.1, 0.15) is 5.56 Å². The molecular formula is C21H23F2N3O7S. The molecule has 34 heavy (non-hydrogen) atoms. The molecule has 0 saturated carbocycles. The molecule has 1 N–H and O–H groups in total. The number of hydrogen-bond donors (Lipinski definition) is 1. The van der Waals surface area contributed by atoms with Crippen molar-refractivity contribution in [1.82, 2.24) is 4.31 Å². The molecular weight excluding hydrogens is 476 g/mol. The van der Waals surface area contributed by atoms with E-state index < -0.39 is 44.5 Å². The maximum Gasteiger partial charge on any atom is 0.387 e. The van der Waals surface area contributed by atoms with E-state index in [1.807, 2.05) is 0 Å². The van der Waals surface area contributed by atoms with Gasteiger partial charge in [-0.15, -0.1) is 0 Å². The lowest BCUT2D eigenvalue weighted by Crippen LogP contribution is -2.32. The molecule has 184 valence electrons. The maximum atomic E-state index is 13.0. The van der Waals surface area contributed by atoms with Gasteiger partial charge in [-0.1, -0.05) is 18.9 Å². The highest BCUT2D eigenvalue weighted by Gasteiger charge is 2.28. The summed E-state index contributed by atoms with van der Waals surface area (Å²) < 4.78 is 61.9. The van der Waals surface area contributed by atoms with Crippen LogP contribution in [0.1, 0.15) is 36.0 Å². The molecule has 1 aliphatic rings. The summed E-state index contributed by atoms with van der Waals surface area (Å²) in [6, 6.07) is 7.10. The molecule has 0 atom stereocenters. The van der Waals surface area contributed by atoms with E-state index in [1.54, 1.807) is 0 Å². The Labute approximate surface area is 194 Å². The first-order valence-corrected chi connectivity index (χ1v) is 11.8. The van der Waals surface area contributed by atoms with Gasteiger partial charge in [-0.05, 0) is 31.0 Å². The van der Waals surface area contributed by atoms with Crippen LogP contribution in [0.4, 0.5) is 20.2 Å². The molecule has 3 rings (SSSR count). The van der Waals surface area contributed by atoms with Gasteiger partial charge in [0.05, 0.1) is 23.0 Å². The lowest BCUT2D eigenvalue weighted by molar-refractivity contribution is -0.385. The lowest BCUT2D eigenvalue weighted by atomic mass is 10.1. The number of nitro benzene ring substituents is 1. The Morgan fingerprint density at radius 2 is 1.79 bits per heavy atom.